The third-order valence-corrected chi connectivity index (χ3v) is 4.21. The van der Waals surface area contributed by atoms with E-state index in [9.17, 15) is 0 Å². The van der Waals surface area contributed by atoms with Crippen LogP contribution in [0.4, 0.5) is 0 Å². The Kier molecular flexibility index (Phi) is 5.63. The fraction of sp³-hybridized carbons (Fsp3) is 0.333. The largest absolute Gasteiger partial charge is 0.317 e. The summed E-state index contributed by atoms with van der Waals surface area (Å²) in [5.74, 6) is 1.28. The molecule has 0 bridgehead atoms. The zero-order chi connectivity index (χ0) is 12.9. The van der Waals surface area contributed by atoms with Crippen molar-refractivity contribution in [3.8, 4) is 0 Å². The number of hydrogen-bond donors (Lipinski definition) is 1. The molecule has 0 saturated carbocycles. The minimum Gasteiger partial charge on any atom is -0.317 e. The van der Waals surface area contributed by atoms with Gasteiger partial charge in [-0.15, -0.1) is 12.4 Å². The van der Waals surface area contributed by atoms with E-state index in [1.807, 2.05) is 0 Å². The molecular weight excluding hydrogens is 266 g/mol. The molecule has 1 nitrogen and oxygen atoms in total. The Morgan fingerprint density at radius 3 is 1.45 bits per heavy atom. The SMILES string of the molecule is Cl.c1ccc(C2CCNCCC2c2ccccc2)cc1. The van der Waals surface area contributed by atoms with Gasteiger partial charge in [0.25, 0.3) is 0 Å². The molecule has 2 unspecified atom stereocenters. The quantitative estimate of drug-likeness (QED) is 0.865. The highest BCUT2D eigenvalue weighted by Crippen LogP contribution is 2.38. The van der Waals surface area contributed by atoms with Gasteiger partial charge in [-0.25, -0.2) is 0 Å². The number of rotatable bonds is 2. The molecule has 1 fully saturated rings. The van der Waals surface area contributed by atoms with Crippen molar-refractivity contribution >= 4 is 12.4 Å². The fourth-order valence-electron chi connectivity index (χ4n) is 3.24. The highest BCUT2D eigenvalue weighted by molar-refractivity contribution is 5.85. The van der Waals surface area contributed by atoms with E-state index in [1.165, 1.54) is 24.0 Å². The Morgan fingerprint density at radius 2 is 1.05 bits per heavy atom. The highest BCUT2D eigenvalue weighted by atomic mass is 35.5. The van der Waals surface area contributed by atoms with E-state index in [0.29, 0.717) is 11.8 Å². The topological polar surface area (TPSA) is 12.0 Å². The van der Waals surface area contributed by atoms with Crippen LogP contribution in [-0.2, 0) is 0 Å². The predicted octanol–water partition coefficient (Wildman–Crippen LogP) is 4.36. The first-order valence-corrected chi connectivity index (χ1v) is 7.26. The van der Waals surface area contributed by atoms with Gasteiger partial charge in [0.05, 0.1) is 0 Å². The monoisotopic (exact) mass is 287 g/mol. The molecule has 1 N–H and O–H groups in total. The van der Waals surface area contributed by atoms with Crippen molar-refractivity contribution in [3.63, 3.8) is 0 Å². The summed E-state index contributed by atoms with van der Waals surface area (Å²) in [6, 6.07) is 22.0. The summed E-state index contributed by atoms with van der Waals surface area (Å²) in [5.41, 5.74) is 2.97. The van der Waals surface area contributed by atoms with Crippen LogP contribution in [0.25, 0.3) is 0 Å². The molecule has 0 radical (unpaired) electrons. The number of halogens is 1. The second kappa shape index (κ2) is 7.47. The first-order chi connectivity index (χ1) is 9.45. The smallest absolute Gasteiger partial charge is 0.00429 e. The van der Waals surface area contributed by atoms with Crippen LogP contribution >= 0.6 is 12.4 Å². The summed E-state index contributed by atoms with van der Waals surface area (Å²) in [6.45, 7) is 2.26. The lowest BCUT2D eigenvalue weighted by Crippen LogP contribution is -2.13. The van der Waals surface area contributed by atoms with Crippen LogP contribution in [0.15, 0.2) is 60.7 Å². The van der Waals surface area contributed by atoms with E-state index < -0.39 is 0 Å². The molecule has 0 aromatic heterocycles. The van der Waals surface area contributed by atoms with Crippen molar-refractivity contribution in [1.29, 1.82) is 0 Å². The van der Waals surface area contributed by atoms with Gasteiger partial charge in [-0.1, -0.05) is 60.7 Å². The number of benzene rings is 2. The van der Waals surface area contributed by atoms with E-state index in [4.69, 9.17) is 0 Å². The molecule has 106 valence electrons. The number of nitrogens with one attached hydrogen (secondary N) is 1. The predicted molar refractivity (Wildman–Crippen MR) is 87.7 cm³/mol. The summed E-state index contributed by atoms with van der Waals surface area (Å²) in [5, 5.41) is 3.55. The van der Waals surface area contributed by atoms with E-state index >= 15 is 0 Å². The molecule has 0 aliphatic carbocycles. The molecule has 1 aliphatic rings. The highest BCUT2D eigenvalue weighted by Gasteiger charge is 2.25. The van der Waals surface area contributed by atoms with Crippen LogP contribution in [0, 0.1) is 0 Å². The zero-order valence-electron chi connectivity index (χ0n) is 11.7. The van der Waals surface area contributed by atoms with Crippen molar-refractivity contribution in [3.05, 3.63) is 71.8 Å². The van der Waals surface area contributed by atoms with Crippen LogP contribution < -0.4 is 5.32 Å². The van der Waals surface area contributed by atoms with Gasteiger partial charge in [-0.05, 0) is 48.9 Å². The third-order valence-electron chi connectivity index (χ3n) is 4.21. The average molecular weight is 288 g/mol. The molecule has 2 heteroatoms. The molecule has 2 atom stereocenters. The van der Waals surface area contributed by atoms with Crippen LogP contribution in [0.3, 0.4) is 0 Å². The maximum absolute atomic E-state index is 3.55. The van der Waals surface area contributed by atoms with Crippen molar-refractivity contribution in [2.24, 2.45) is 0 Å². The lowest BCUT2D eigenvalue weighted by Gasteiger charge is -2.25. The van der Waals surface area contributed by atoms with Gasteiger partial charge in [-0.3, -0.25) is 0 Å². The first-order valence-electron chi connectivity index (χ1n) is 7.26. The molecule has 2 aromatic rings. The Bertz CT molecular complexity index is 450. The Balaban J connectivity index is 0.00000147. The lowest BCUT2D eigenvalue weighted by molar-refractivity contribution is 0.524. The molecule has 0 spiro atoms. The third kappa shape index (κ3) is 3.41. The minimum absolute atomic E-state index is 0. The summed E-state index contributed by atoms with van der Waals surface area (Å²) >= 11 is 0. The second-order valence-corrected chi connectivity index (χ2v) is 5.36. The van der Waals surface area contributed by atoms with Gasteiger partial charge in [0, 0.05) is 0 Å². The van der Waals surface area contributed by atoms with Gasteiger partial charge >= 0.3 is 0 Å². The van der Waals surface area contributed by atoms with E-state index in [1.54, 1.807) is 0 Å². The van der Waals surface area contributed by atoms with Gasteiger partial charge in [0.15, 0.2) is 0 Å². The van der Waals surface area contributed by atoms with Crippen LogP contribution in [0.5, 0.6) is 0 Å². The Labute approximate surface area is 127 Å². The van der Waals surface area contributed by atoms with Gasteiger partial charge in [0.1, 0.15) is 0 Å². The van der Waals surface area contributed by atoms with Gasteiger partial charge in [-0.2, -0.15) is 0 Å². The standard InChI is InChI=1S/C18H21N.ClH/c1-3-7-15(8-4-1)17-11-13-19-14-12-18(17)16-9-5-2-6-10-16;/h1-10,17-19H,11-14H2;1H. The van der Waals surface area contributed by atoms with E-state index in [2.05, 4.69) is 66.0 Å². The summed E-state index contributed by atoms with van der Waals surface area (Å²) < 4.78 is 0. The molecular formula is C18H22ClN. The average Bonchev–Trinajstić information content (AvgIpc) is 2.75. The summed E-state index contributed by atoms with van der Waals surface area (Å²) in [7, 11) is 0. The summed E-state index contributed by atoms with van der Waals surface area (Å²) in [4.78, 5) is 0. The molecule has 0 amide bonds. The minimum atomic E-state index is 0. The van der Waals surface area contributed by atoms with Crippen LogP contribution in [0.2, 0.25) is 0 Å². The second-order valence-electron chi connectivity index (χ2n) is 5.36. The Hall–Kier alpha value is -1.31. The lowest BCUT2D eigenvalue weighted by atomic mass is 9.78. The maximum atomic E-state index is 3.55. The van der Waals surface area contributed by atoms with Crippen molar-refractivity contribution < 1.29 is 0 Å². The first kappa shape index (κ1) is 15.1. The molecule has 2 aromatic carbocycles. The molecule has 20 heavy (non-hydrogen) atoms. The zero-order valence-corrected chi connectivity index (χ0v) is 12.5. The fourth-order valence-corrected chi connectivity index (χ4v) is 3.24. The summed E-state index contributed by atoms with van der Waals surface area (Å²) in [6.07, 6.45) is 2.45. The van der Waals surface area contributed by atoms with Crippen molar-refractivity contribution in [1.82, 2.24) is 5.32 Å². The van der Waals surface area contributed by atoms with E-state index in [0.717, 1.165) is 13.1 Å². The van der Waals surface area contributed by atoms with Gasteiger partial charge < -0.3 is 5.32 Å². The van der Waals surface area contributed by atoms with Crippen LogP contribution in [-0.4, -0.2) is 13.1 Å². The molecule has 3 rings (SSSR count). The van der Waals surface area contributed by atoms with E-state index in [-0.39, 0.29) is 12.4 Å². The molecule has 1 heterocycles. The van der Waals surface area contributed by atoms with Crippen molar-refractivity contribution in [2.45, 2.75) is 24.7 Å². The maximum Gasteiger partial charge on any atom is -0.00429 e. The van der Waals surface area contributed by atoms with Crippen molar-refractivity contribution in [2.75, 3.05) is 13.1 Å². The molecule has 1 aliphatic heterocycles. The van der Waals surface area contributed by atoms with Gasteiger partial charge in [0.2, 0.25) is 0 Å². The van der Waals surface area contributed by atoms with Crippen LogP contribution in [0.1, 0.15) is 35.8 Å². The normalized spacial score (nSPS) is 22.6. The molecule has 1 saturated heterocycles. The Morgan fingerprint density at radius 1 is 0.650 bits per heavy atom. The number of hydrogen-bond acceptors (Lipinski definition) is 1.